The first-order valence-electron chi connectivity index (χ1n) is 12.3. The van der Waals surface area contributed by atoms with Crippen LogP contribution >= 0.6 is 0 Å². The molecule has 0 aromatic rings. The first kappa shape index (κ1) is 33.0. The molecule has 180 valence electrons. The van der Waals surface area contributed by atoms with E-state index in [2.05, 4.69) is 6.92 Å². The number of hydroxylamine groups is 2. The second-order valence-electron chi connectivity index (χ2n) is 8.58. The second-order valence-corrected chi connectivity index (χ2v) is 8.58. The fraction of sp³-hybridized carbons (Fsp3) is 0.917. The number of unbranched alkanes of at least 4 members (excludes halogenated alkanes) is 14. The van der Waals surface area contributed by atoms with E-state index in [4.69, 9.17) is 10.5 Å². The van der Waals surface area contributed by atoms with E-state index in [0.717, 1.165) is 19.3 Å². The zero-order valence-corrected chi connectivity index (χ0v) is 19.9. The third-order valence-corrected chi connectivity index (χ3v) is 5.80. The van der Waals surface area contributed by atoms with E-state index in [1.807, 2.05) is 0 Å². The van der Waals surface area contributed by atoms with Gasteiger partial charge in [0.2, 0.25) is 5.91 Å². The molecule has 2 unspecified atom stereocenters. The summed E-state index contributed by atoms with van der Waals surface area (Å²) in [4.78, 5) is 23.3. The summed E-state index contributed by atoms with van der Waals surface area (Å²) >= 11 is 0. The maximum absolute atomic E-state index is 12.1. The molecular weight excluding hydrogens is 403 g/mol. The molecule has 31 heavy (non-hydrogen) atoms. The van der Waals surface area contributed by atoms with Gasteiger partial charge in [0.25, 0.3) is 0 Å². The number of nitrogens with zero attached hydrogens (tertiary/aromatic N) is 1. The predicted molar refractivity (Wildman–Crippen MR) is 129 cm³/mol. The molecule has 0 aliphatic heterocycles. The Labute approximate surface area is 213 Å². The van der Waals surface area contributed by atoms with Crippen LogP contribution in [0.3, 0.4) is 0 Å². The summed E-state index contributed by atoms with van der Waals surface area (Å²) in [7, 11) is 0. The van der Waals surface area contributed by atoms with E-state index in [1.54, 1.807) is 13.8 Å². The van der Waals surface area contributed by atoms with Crippen LogP contribution in [0.5, 0.6) is 0 Å². The van der Waals surface area contributed by atoms with Gasteiger partial charge in [0.05, 0.1) is 12.6 Å². The Morgan fingerprint density at radius 3 is 1.58 bits per heavy atom. The third-order valence-electron chi connectivity index (χ3n) is 5.80. The zero-order chi connectivity index (χ0) is 22.6. The van der Waals surface area contributed by atoms with E-state index < -0.39 is 18.1 Å². The Morgan fingerprint density at radius 2 is 1.19 bits per heavy atom. The Hall–Kier alpha value is -0.140. The minimum absolute atomic E-state index is 0. The number of esters is 1. The molecule has 0 aliphatic rings. The van der Waals surface area contributed by atoms with E-state index in [9.17, 15) is 14.8 Å². The Balaban J connectivity index is 0. The zero-order valence-electron chi connectivity index (χ0n) is 19.9. The molecule has 0 aromatic carbocycles. The quantitative estimate of drug-likeness (QED) is 0.0882. The van der Waals surface area contributed by atoms with E-state index >= 15 is 0 Å². The van der Waals surface area contributed by atoms with Crippen molar-refractivity contribution in [3.05, 3.63) is 0 Å². The van der Waals surface area contributed by atoms with Crippen LogP contribution < -0.4 is 5.73 Å². The van der Waals surface area contributed by atoms with Gasteiger partial charge in [0.15, 0.2) is 0 Å². The molecule has 0 saturated heterocycles. The molecule has 0 saturated carbocycles. The van der Waals surface area contributed by atoms with Gasteiger partial charge in [0, 0.05) is 6.42 Å². The third kappa shape index (κ3) is 19.1. The number of rotatable bonds is 20. The van der Waals surface area contributed by atoms with Crippen LogP contribution in [-0.4, -0.2) is 70.4 Å². The molecule has 3 N–H and O–H groups in total. The SMILES string of the molecule is CCCCCCCCCCCCCCCCCC(=O)N(O)C(C)C(C)OC(=O)CN.[NaH]. The number of hydrogen-bond acceptors (Lipinski definition) is 5. The summed E-state index contributed by atoms with van der Waals surface area (Å²) in [6, 6.07) is -0.593. The second kappa shape index (κ2) is 23.0. The van der Waals surface area contributed by atoms with Gasteiger partial charge in [-0.25, -0.2) is 5.06 Å². The molecule has 7 heteroatoms. The van der Waals surface area contributed by atoms with Crippen LogP contribution in [0.4, 0.5) is 0 Å². The van der Waals surface area contributed by atoms with Crippen molar-refractivity contribution in [2.45, 2.75) is 136 Å². The van der Waals surface area contributed by atoms with Gasteiger partial charge in [-0.05, 0) is 20.3 Å². The summed E-state index contributed by atoms with van der Waals surface area (Å²) in [5.41, 5.74) is 5.21. The number of amides is 1. The molecule has 0 radical (unpaired) electrons. The van der Waals surface area contributed by atoms with Gasteiger partial charge in [0.1, 0.15) is 6.10 Å². The van der Waals surface area contributed by atoms with Gasteiger partial charge in [-0.2, -0.15) is 0 Å². The minimum atomic E-state index is -0.601. The van der Waals surface area contributed by atoms with E-state index in [1.165, 1.54) is 77.0 Å². The molecule has 0 fully saturated rings. The van der Waals surface area contributed by atoms with Gasteiger partial charge in [-0.1, -0.05) is 96.8 Å². The Morgan fingerprint density at radius 1 is 0.806 bits per heavy atom. The van der Waals surface area contributed by atoms with Gasteiger partial charge in [-0.3, -0.25) is 14.8 Å². The van der Waals surface area contributed by atoms with Crippen molar-refractivity contribution in [1.29, 1.82) is 0 Å². The van der Waals surface area contributed by atoms with Crippen molar-refractivity contribution in [2.24, 2.45) is 5.73 Å². The molecule has 6 nitrogen and oxygen atoms in total. The first-order chi connectivity index (χ1) is 14.4. The van der Waals surface area contributed by atoms with Crippen molar-refractivity contribution in [2.75, 3.05) is 6.54 Å². The molecule has 0 spiro atoms. The van der Waals surface area contributed by atoms with E-state index in [0.29, 0.717) is 11.5 Å². The summed E-state index contributed by atoms with van der Waals surface area (Å²) < 4.78 is 5.05. The number of carbonyl (C=O) groups is 2. The summed E-state index contributed by atoms with van der Waals surface area (Å²) in [5.74, 6) is -0.870. The van der Waals surface area contributed by atoms with Crippen LogP contribution in [0, 0.1) is 0 Å². The van der Waals surface area contributed by atoms with Crippen LogP contribution in [0.2, 0.25) is 0 Å². The molecule has 2 atom stereocenters. The fourth-order valence-corrected chi connectivity index (χ4v) is 3.54. The number of ether oxygens (including phenoxy) is 1. The van der Waals surface area contributed by atoms with Crippen LogP contribution in [-0.2, 0) is 14.3 Å². The van der Waals surface area contributed by atoms with Crippen molar-refractivity contribution in [3.8, 4) is 0 Å². The summed E-state index contributed by atoms with van der Waals surface area (Å²) in [6.45, 7) is 5.34. The molecule has 0 heterocycles. The average Bonchev–Trinajstić information content (AvgIpc) is 2.74. The average molecular weight is 453 g/mol. The van der Waals surface area contributed by atoms with Crippen LogP contribution in [0.15, 0.2) is 0 Å². The predicted octanol–water partition coefficient (Wildman–Crippen LogP) is 5.10. The molecular formula is C24H49N2NaO4. The van der Waals surface area contributed by atoms with E-state index in [-0.39, 0.29) is 42.0 Å². The summed E-state index contributed by atoms with van der Waals surface area (Å²) in [5, 5.41) is 10.7. The number of hydrogen-bond donors (Lipinski definition) is 2. The molecule has 0 aromatic heterocycles. The summed E-state index contributed by atoms with van der Waals surface area (Å²) in [6.07, 6.45) is 18.9. The van der Waals surface area contributed by atoms with Crippen molar-refractivity contribution < 1.29 is 19.5 Å². The molecule has 0 bridgehead atoms. The van der Waals surface area contributed by atoms with Gasteiger partial charge < -0.3 is 10.5 Å². The van der Waals surface area contributed by atoms with Crippen molar-refractivity contribution in [1.82, 2.24) is 5.06 Å². The normalized spacial score (nSPS) is 12.7. The Bertz CT molecular complexity index is 438. The van der Waals surface area contributed by atoms with Crippen LogP contribution in [0.25, 0.3) is 0 Å². The van der Waals surface area contributed by atoms with Crippen LogP contribution in [0.1, 0.15) is 124 Å². The molecule has 0 rings (SSSR count). The topological polar surface area (TPSA) is 92.9 Å². The Kier molecular flexibility index (Phi) is 24.5. The maximum atomic E-state index is 12.1. The van der Waals surface area contributed by atoms with Crippen molar-refractivity contribution >= 4 is 41.4 Å². The standard InChI is InChI=1S/C24H48N2O4.Na.H/c1-4-5-6-7-8-9-10-11-12-13-14-15-16-17-18-19-23(27)26(29)21(2)22(3)30-24(28)20-25;;/h21-22,29H,4-20,25H2,1-3H3;;. The van der Waals surface area contributed by atoms with Gasteiger partial charge in [-0.15, -0.1) is 0 Å². The molecule has 0 aliphatic carbocycles. The monoisotopic (exact) mass is 452 g/mol. The number of carbonyl (C=O) groups excluding carboxylic acids is 2. The van der Waals surface area contributed by atoms with Gasteiger partial charge >= 0.3 is 35.5 Å². The molecule has 1 amide bonds. The van der Waals surface area contributed by atoms with Crippen molar-refractivity contribution in [3.63, 3.8) is 0 Å². The number of nitrogens with two attached hydrogens (primary N) is 1. The first-order valence-corrected chi connectivity index (χ1v) is 12.3. The fourth-order valence-electron chi connectivity index (χ4n) is 3.54.